The van der Waals surface area contributed by atoms with Crippen LogP contribution in [0.2, 0.25) is 10.0 Å². The molecule has 0 aliphatic rings. The van der Waals surface area contributed by atoms with Gasteiger partial charge in [-0.15, -0.1) is 0 Å². The van der Waals surface area contributed by atoms with Crippen LogP contribution in [0.4, 0.5) is 0 Å². The largest absolute Gasteiger partial charge is 0.457 e. The fourth-order valence-corrected chi connectivity index (χ4v) is 4.19. The molecule has 3 aromatic heterocycles. The molecule has 0 spiro atoms. The van der Waals surface area contributed by atoms with E-state index in [2.05, 4.69) is 20.6 Å². The second kappa shape index (κ2) is 11.0. The lowest BCUT2D eigenvalue weighted by Gasteiger charge is -2.08. The maximum absolute atomic E-state index is 12.3. The van der Waals surface area contributed by atoms with Gasteiger partial charge in [0.1, 0.15) is 11.5 Å². The Morgan fingerprint density at radius 3 is 2.51 bits per heavy atom. The molecule has 7 nitrogen and oxygen atoms in total. The second-order valence-corrected chi connectivity index (χ2v) is 9.19. The molecule has 0 saturated heterocycles. The minimum Gasteiger partial charge on any atom is -0.457 e. The van der Waals surface area contributed by atoms with Crippen molar-refractivity contribution in [3.63, 3.8) is 0 Å². The molecular formula is C27H18Cl2N4O3S. The highest BCUT2D eigenvalue weighted by Gasteiger charge is 2.09. The summed E-state index contributed by atoms with van der Waals surface area (Å²) in [7, 11) is 0. The summed E-state index contributed by atoms with van der Waals surface area (Å²) in [5, 5.41) is 6.85. The van der Waals surface area contributed by atoms with Crippen LogP contribution in [0.3, 0.4) is 0 Å². The molecule has 0 radical (unpaired) electrons. The minimum atomic E-state index is -0.388. The van der Waals surface area contributed by atoms with Gasteiger partial charge in [0.25, 0.3) is 0 Å². The predicted molar refractivity (Wildman–Crippen MR) is 148 cm³/mol. The summed E-state index contributed by atoms with van der Waals surface area (Å²) in [6.45, 7) is 0.433. The van der Waals surface area contributed by atoms with E-state index in [1.54, 1.807) is 48.7 Å². The highest BCUT2D eigenvalue weighted by atomic mass is 35.5. The van der Waals surface area contributed by atoms with Crippen molar-refractivity contribution in [2.75, 3.05) is 0 Å². The van der Waals surface area contributed by atoms with Crippen LogP contribution in [0.25, 0.3) is 40.1 Å². The first-order valence-corrected chi connectivity index (χ1v) is 12.2. The number of nitrogens with zero attached hydrogens (tertiary/aromatic N) is 2. The van der Waals surface area contributed by atoms with Crippen LogP contribution in [0.1, 0.15) is 11.3 Å². The third-order valence-corrected chi connectivity index (χ3v) is 5.91. The van der Waals surface area contributed by atoms with E-state index < -0.39 is 0 Å². The number of rotatable bonds is 6. The Bertz CT molecular complexity index is 1570. The Balaban J connectivity index is 1.12. The van der Waals surface area contributed by atoms with Crippen LogP contribution in [-0.2, 0) is 11.3 Å². The third kappa shape index (κ3) is 6.24. The molecule has 0 unspecified atom stereocenters. The van der Waals surface area contributed by atoms with Gasteiger partial charge < -0.3 is 14.2 Å². The van der Waals surface area contributed by atoms with E-state index in [4.69, 9.17) is 44.3 Å². The van der Waals surface area contributed by atoms with E-state index in [0.717, 1.165) is 16.7 Å². The third-order valence-electron chi connectivity index (χ3n) is 5.23. The van der Waals surface area contributed by atoms with Gasteiger partial charge in [-0.3, -0.25) is 10.1 Å². The molecule has 3 heterocycles. The smallest absolute Gasteiger partial charge is 0.250 e. The van der Waals surface area contributed by atoms with Gasteiger partial charge in [-0.25, -0.2) is 4.98 Å². The standard InChI is InChI=1S/C27H18Cl2N4O3S/c28-19-12-18(13-20(29)14-19)22-9-7-21(35-22)8-10-24(34)32-27(37)31-15-16-3-5-17(6-4-16)26-33-25-23(36-26)2-1-11-30-25/h1-14H,15H2,(H2,31,32,34,37)/b10-8+. The Hall–Kier alpha value is -3.98. The average Bonchev–Trinajstić information content (AvgIpc) is 3.53. The van der Waals surface area contributed by atoms with Crippen molar-refractivity contribution in [1.82, 2.24) is 20.6 Å². The number of benzene rings is 2. The van der Waals surface area contributed by atoms with Gasteiger partial charge in [-0.1, -0.05) is 35.3 Å². The zero-order valence-corrected chi connectivity index (χ0v) is 21.4. The van der Waals surface area contributed by atoms with Crippen molar-refractivity contribution < 1.29 is 13.6 Å². The Kier molecular flexibility index (Phi) is 7.32. The van der Waals surface area contributed by atoms with Crippen LogP contribution in [0, 0.1) is 0 Å². The van der Waals surface area contributed by atoms with Gasteiger partial charge >= 0.3 is 0 Å². The van der Waals surface area contributed by atoms with Crippen molar-refractivity contribution >= 4 is 63.7 Å². The molecule has 0 aliphatic carbocycles. The van der Waals surface area contributed by atoms with E-state index in [0.29, 0.717) is 45.2 Å². The number of nitrogens with one attached hydrogen (secondary N) is 2. The monoisotopic (exact) mass is 548 g/mol. The quantitative estimate of drug-likeness (QED) is 0.181. The maximum Gasteiger partial charge on any atom is 0.250 e. The van der Waals surface area contributed by atoms with Crippen LogP contribution in [-0.4, -0.2) is 21.0 Å². The van der Waals surface area contributed by atoms with E-state index >= 15 is 0 Å². The number of hydrogen-bond acceptors (Lipinski definition) is 6. The van der Waals surface area contributed by atoms with Gasteiger partial charge in [0.15, 0.2) is 16.3 Å². The molecule has 0 saturated carbocycles. The molecule has 0 atom stereocenters. The first-order valence-electron chi connectivity index (χ1n) is 11.1. The molecule has 0 aliphatic heterocycles. The molecule has 5 rings (SSSR count). The average molecular weight is 549 g/mol. The fourth-order valence-electron chi connectivity index (χ4n) is 3.49. The van der Waals surface area contributed by atoms with E-state index in [9.17, 15) is 4.79 Å². The molecule has 2 aromatic carbocycles. The summed E-state index contributed by atoms with van der Waals surface area (Å²) in [5.74, 6) is 1.19. The molecule has 1 amide bonds. The lowest BCUT2D eigenvalue weighted by molar-refractivity contribution is -0.115. The SMILES string of the molecule is O=C(/C=C/c1ccc(-c2cc(Cl)cc(Cl)c2)o1)NC(=S)NCc1ccc(-c2nc3ncccc3o2)cc1. The van der Waals surface area contributed by atoms with Gasteiger partial charge in [0, 0.05) is 40.0 Å². The molecule has 0 fully saturated rings. The molecule has 10 heteroatoms. The van der Waals surface area contributed by atoms with Gasteiger partial charge in [-0.2, -0.15) is 4.98 Å². The fraction of sp³-hybridized carbons (Fsp3) is 0.0370. The van der Waals surface area contributed by atoms with Crippen LogP contribution < -0.4 is 10.6 Å². The summed E-state index contributed by atoms with van der Waals surface area (Å²) in [4.78, 5) is 20.8. The second-order valence-electron chi connectivity index (χ2n) is 7.91. The summed E-state index contributed by atoms with van der Waals surface area (Å²) >= 11 is 17.3. The van der Waals surface area contributed by atoms with Crippen molar-refractivity contribution in [2.45, 2.75) is 6.54 Å². The zero-order chi connectivity index (χ0) is 25.8. The molecule has 2 N–H and O–H groups in total. The molecule has 184 valence electrons. The minimum absolute atomic E-state index is 0.206. The van der Waals surface area contributed by atoms with Gasteiger partial charge in [0.2, 0.25) is 11.8 Å². The Morgan fingerprint density at radius 1 is 0.973 bits per heavy atom. The molecule has 0 bridgehead atoms. The van der Waals surface area contributed by atoms with Crippen molar-refractivity contribution in [1.29, 1.82) is 0 Å². The lowest BCUT2D eigenvalue weighted by Crippen LogP contribution is -2.37. The molecular weight excluding hydrogens is 531 g/mol. The lowest BCUT2D eigenvalue weighted by atomic mass is 10.1. The Morgan fingerprint density at radius 2 is 1.76 bits per heavy atom. The summed E-state index contributed by atoms with van der Waals surface area (Å²) in [5.41, 5.74) is 3.75. The summed E-state index contributed by atoms with van der Waals surface area (Å²) in [6.07, 6.45) is 4.56. The van der Waals surface area contributed by atoms with Crippen molar-refractivity contribution in [2.24, 2.45) is 0 Å². The summed E-state index contributed by atoms with van der Waals surface area (Å²) in [6, 6.07) is 19.9. The number of fused-ring (bicyclic) bond motifs is 1. The van der Waals surface area contributed by atoms with Crippen LogP contribution in [0.15, 0.2) is 87.8 Å². The molecule has 37 heavy (non-hydrogen) atoms. The number of oxazole rings is 1. The maximum atomic E-state index is 12.3. The van der Waals surface area contributed by atoms with E-state index in [-0.39, 0.29) is 11.0 Å². The number of amides is 1. The van der Waals surface area contributed by atoms with Crippen molar-refractivity contribution in [3.8, 4) is 22.8 Å². The number of carbonyl (C=O) groups is 1. The van der Waals surface area contributed by atoms with Gasteiger partial charge in [0.05, 0.1) is 0 Å². The number of halogens is 2. The van der Waals surface area contributed by atoms with Gasteiger partial charge in [-0.05, 0) is 78.5 Å². The highest BCUT2D eigenvalue weighted by molar-refractivity contribution is 7.80. The molecule has 5 aromatic rings. The van der Waals surface area contributed by atoms with Crippen molar-refractivity contribution in [3.05, 3.63) is 100 Å². The number of thiocarbonyl (C=S) groups is 1. The predicted octanol–water partition coefficient (Wildman–Crippen LogP) is 6.66. The normalized spacial score (nSPS) is 11.2. The van der Waals surface area contributed by atoms with Crippen LogP contribution in [0.5, 0.6) is 0 Å². The highest BCUT2D eigenvalue weighted by Crippen LogP contribution is 2.29. The number of carbonyl (C=O) groups excluding carboxylic acids is 1. The van der Waals surface area contributed by atoms with Crippen LogP contribution >= 0.6 is 35.4 Å². The topological polar surface area (TPSA) is 93.2 Å². The number of hydrogen-bond donors (Lipinski definition) is 2. The Labute approximate surface area is 227 Å². The van der Waals surface area contributed by atoms with E-state index in [1.165, 1.54) is 6.08 Å². The first kappa shape index (κ1) is 24.7. The van der Waals surface area contributed by atoms with E-state index in [1.807, 2.05) is 30.3 Å². The number of pyridine rings is 1. The first-order chi connectivity index (χ1) is 17.9. The number of furan rings is 1. The summed E-state index contributed by atoms with van der Waals surface area (Å²) < 4.78 is 11.5. The zero-order valence-electron chi connectivity index (χ0n) is 19.1. The number of aromatic nitrogens is 2.